The molecule has 1 aliphatic heterocycles. The molecule has 0 aliphatic carbocycles. The smallest absolute Gasteiger partial charge is 0.295 e. The van der Waals surface area contributed by atoms with E-state index in [1.807, 2.05) is 40.1 Å². The first-order valence-corrected chi connectivity index (χ1v) is 8.41. The van der Waals surface area contributed by atoms with E-state index in [-0.39, 0.29) is 5.69 Å². The summed E-state index contributed by atoms with van der Waals surface area (Å²) in [6.45, 7) is 2.24. The van der Waals surface area contributed by atoms with Crippen LogP contribution in [-0.2, 0) is 0 Å². The van der Waals surface area contributed by atoms with Crippen LogP contribution < -0.4 is 9.80 Å². The molecular formula is C17H16FN7O2. The molecule has 0 saturated carbocycles. The Morgan fingerprint density at radius 2 is 1.70 bits per heavy atom. The minimum atomic E-state index is -0.619. The van der Waals surface area contributed by atoms with E-state index in [1.165, 1.54) is 12.1 Å². The van der Waals surface area contributed by atoms with Crippen LogP contribution in [0.15, 0.2) is 48.5 Å². The van der Waals surface area contributed by atoms with Gasteiger partial charge >= 0.3 is 0 Å². The third kappa shape index (κ3) is 3.28. The largest absolute Gasteiger partial charge is 0.362 e. The molecule has 1 aliphatic rings. The van der Waals surface area contributed by atoms with Gasteiger partial charge in [-0.3, -0.25) is 10.1 Å². The van der Waals surface area contributed by atoms with Crippen molar-refractivity contribution in [1.29, 1.82) is 0 Å². The summed E-state index contributed by atoms with van der Waals surface area (Å²) in [6.07, 6.45) is 0. The van der Waals surface area contributed by atoms with E-state index in [2.05, 4.69) is 15.5 Å². The van der Waals surface area contributed by atoms with Crippen LogP contribution in [0.2, 0.25) is 0 Å². The molecule has 10 heteroatoms. The zero-order chi connectivity index (χ0) is 18.8. The zero-order valence-electron chi connectivity index (χ0n) is 14.3. The molecule has 2 aromatic carbocycles. The second-order valence-electron chi connectivity index (χ2n) is 6.09. The Morgan fingerprint density at radius 3 is 2.41 bits per heavy atom. The second kappa shape index (κ2) is 6.98. The maximum Gasteiger partial charge on any atom is 0.295 e. The van der Waals surface area contributed by atoms with Crippen molar-refractivity contribution in [3.8, 4) is 5.69 Å². The molecule has 4 rings (SSSR count). The average Bonchev–Trinajstić information content (AvgIpc) is 3.18. The average molecular weight is 369 g/mol. The van der Waals surface area contributed by atoms with E-state index in [0.717, 1.165) is 11.8 Å². The summed E-state index contributed by atoms with van der Waals surface area (Å²) in [6, 6.07) is 13.2. The van der Waals surface area contributed by atoms with E-state index in [9.17, 15) is 14.5 Å². The summed E-state index contributed by atoms with van der Waals surface area (Å²) in [5, 5.41) is 23.2. The topological polar surface area (TPSA) is 93.2 Å². The van der Waals surface area contributed by atoms with Crippen molar-refractivity contribution in [2.45, 2.75) is 0 Å². The molecule has 1 saturated heterocycles. The Morgan fingerprint density at radius 1 is 1.00 bits per heavy atom. The molecule has 0 unspecified atom stereocenters. The third-order valence-corrected chi connectivity index (χ3v) is 4.49. The fraction of sp³-hybridized carbons (Fsp3) is 0.235. The molecule has 138 valence electrons. The number of nitrogens with zero attached hydrogens (tertiary/aromatic N) is 7. The fourth-order valence-electron chi connectivity index (χ4n) is 3.17. The van der Waals surface area contributed by atoms with Gasteiger partial charge in [-0.1, -0.05) is 23.3 Å². The van der Waals surface area contributed by atoms with Crippen molar-refractivity contribution < 1.29 is 9.31 Å². The van der Waals surface area contributed by atoms with Gasteiger partial charge < -0.3 is 9.80 Å². The minimum absolute atomic E-state index is 0.224. The summed E-state index contributed by atoms with van der Waals surface area (Å²) in [7, 11) is 0. The molecule has 3 aromatic rings. The molecule has 1 aromatic heterocycles. The lowest BCUT2D eigenvalue weighted by atomic mass is 10.2. The molecule has 0 bridgehead atoms. The van der Waals surface area contributed by atoms with Gasteiger partial charge in [0, 0.05) is 26.2 Å². The van der Waals surface area contributed by atoms with E-state index in [0.29, 0.717) is 37.8 Å². The number of nitro benzene ring substituents is 1. The lowest BCUT2D eigenvalue weighted by molar-refractivity contribution is -0.384. The highest BCUT2D eigenvalue weighted by Gasteiger charge is 2.26. The molecule has 27 heavy (non-hydrogen) atoms. The lowest BCUT2D eigenvalue weighted by Gasteiger charge is -2.35. The first-order chi connectivity index (χ1) is 13.1. The molecular weight excluding hydrogens is 353 g/mol. The van der Waals surface area contributed by atoms with Crippen LogP contribution in [0.25, 0.3) is 5.69 Å². The molecule has 2 heterocycles. The highest BCUT2D eigenvalue weighted by Crippen LogP contribution is 2.30. The van der Waals surface area contributed by atoms with Crippen LogP contribution in [-0.4, -0.2) is 51.3 Å². The fourth-order valence-corrected chi connectivity index (χ4v) is 3.17. The number of para-hydroxylation sites is 1. The van der Waals surface area contributed by atoms with Gasteiger partial charge in [0.2, 0.25) is 5.95 Å². The van der Waals surface area contributed by atoms with Crippen molar-refractivity contribution in [1.82, 2.24) is 20.2 Å². The normalized spacial score (nSPS) is 14.4. The van der Waals surface area contributed by atoms with Gasteiger partial charge in [-0.05, 0) is 34.7 Å². The maximum atomic E-state index is 13.4. The summed E-state index contributed by atoms with van der Waals surface area (Å²) >= 11 is 0. The number of halogens is 1. The summed E-state index contributed by atoms with van der Waals surface area (Å²) in [4.78, 5) is 14.6. The second-order valence-corrected chi connectivity index (χ2v) is 6.09. The Bertz CT molecular complexity index is 955. The van der Waals surface area contributed by atoms with Gasteiger partial charge in [-0.2, -0.15) is 4.68 Å². The number of tetrazole rings is 1. The van der Waals surface area contributed by atoms with Crippen LogP contribution in [0.5, 0.6) is 0 Å². The molecule has 9 nitrogen and oxygen atoms in total. The van der Waals surface area contributed by atoms with Gasteiger partial charge in [0.15, 0.2) is 0 Å². The van der Waals surface area contributed by atoms with Crippen LogP contribution in [0, 0.1) is 15.9 Å². The van der Waals surface area contributed by atoms with Gasteiger partial charge in [0.1, 0.15) is 11.5 Å². The quantitative estimate of drug-likeness (QED) is 0.513. The standard InChI is InChI=1S/C17H16FN7O2/c18-13-6-7-15(16(12-13)25(26)27)22-8-10-23(11-9-22)17-19-20-21-24(17)14-4-2-1-3-5-14/h1-7,12H,8-11H2. The first kappa shape index (κ1) is 16.9. The third-order valence-electron chi connectivity index (χ3n) is 4.49. The number of benzene rings is 2. The molecule has 0 N–H and O–H groups in total. The Labute approximate surface area is 153 Å². The first-order valence-electron chi connectivity index (χ1n) is 8.41. The van der Waals surface area contributed by atoms with Gasteiger partial charge in [0.25, 0.3) is 5.69 Å². The van der Waals surface area contributed by atoms with Gasteiger partial charge in [0.05, 0.1) is 16.7 Å². The molecule has 1 fully saturated rings. The van der Waals surface area contributed by atoms with Crippen LogP contribution >= 0.6 is 0 Å². The minimum Gasteiger partial charge on any atom is -0.362 e. The number of rotatable bonds is 4. The van der Waals surface area contributed by atoms with Gasteiger partial charge in [-0.25, -0.2) is 4.39 Å². The number of nitro groups is 1. The van der Waals surface area contributed by atoms with Crippen LogP contribution in [0.4, 0.5) is 21.7 Å². The molecule has 0 radical (unpaired) electrons. The van der Waals surface area contributed by atoms with Crippen LogP contribution in [0.3, 0.4) is 0 Å². The Hall–Kier alpha value is -3.56. The monoisotopic (exact) mass is 369 g/mol. The maximum absolute atomic E-state index is 13.4. The number of aromatic nitrogens is 4. The number of hydrogen-bond donors (Lipinski definition) is 0. The highest BCUT2D eigenvalue weighted by atomic mass is 19.1. The number of anilines is 2. The predicted molar refractivity (Wildman–Crippen MR) is 96.6 cm³/mol. The van der Waals surface area contributed by atoms with Crippen molar-refractivity contribution >= 4 is 17.3 Å². The van der Waals surface area contributed by atoms with Crippen molar-refractivity contribution in [2.24, 2.45) is 0 Å². The van der Waals surface area contributed by atoms with E-state index in [4.69, 9.17) is 0 Å². The highest BCUT2D eigenvalue weighted by molar-refractivity contribution is 5.64. The zero-order valence-corrected chi connectivity index (χ0v) is 14.3. The van der Waals surface area contributed by atoms with E-state index < -0.39 is 10.7 Å². The molecule has 0 amide bonds. The van der Waals surface area contributed by atoms with Crippen LogP contribution in [0.1, 0.15) is 0 Å². The van der Waals surface area contributed by atoms with Crippen molar-refractivity contribution in [3.63, 3.8) is 0 Å². The Balaban J connectivity index is 1.53. The molecule has 0 spiro atoms. The molecule has 0 atom stereocenters. The van der Waals surface area contributed by atoms with Gasteiger partial charge in [-0.15, -0.1) is 0 Å². The lowest BCUT2D eigenvalue weighted by Crippen LogP contribution is -2.47. The summed E-state index contributed by atoms with van der Waals surface area (Å²) in [5.41, 5.74) is 1.05. The number of piperazine rings is 1. The number of hydrogen-bond acceptors (Lipinski definition) is 7. The SMILES string of the molecule is O=[N+]([O-])c1cc(F)ccc1N1CCN(c2nnnn2-c2ccccc2)CC1. The van der Waals surface area contributed by atoms with E-state index in [1.54, 1.807) is 4.68 Å². The van der Waals surface area contributed by atoms with Crippen molar-refractivity contribution in [3.05, 3.63) is 64.5 Å². The van der Waals surface area contributed by atoms with Crippen molar-refractivity contribution in [2.75, 3.05) is 36.0 Å². The summed E-state index contributed by atoms with van der Waals surface area (Å²) in [5.74, 6) is 0.000536. The predicted octanol–water partition coefficient (Wildman–Crippen LogP) is 2.04. The summed E-state index contributed by atoms with van der Waals surface area (Å²) < 4.78 is 15.0. The van der Waals surface area contributed by atoms with E-state index >= 15 is 0 Å². The Kier molecular flexibility index (Phi) is 4.37.